The lowest BCUT2D eigenvalue weighted by atomic mass is 9.89. The summed E-state index contributed by atoms with van der Waals surface area (Å²) in [7, 11) is 0. The van der Waals surface area contributed by atoms with Crippen LogP contribution >= 0.6 is 0 Å². The van der Waals surface area contributed by atoms with Crippen LogP contribution in [0.3, 0.4) is 0 Å². The Bertz CT molecular complexity index is 1030. The third-order valence-corrected chi connectivity index (χ3v) is 6.19. The quantitative estimate of drug-likeness (QED) is 0.732. The molecule has 3 atom stereocenters. The van der Waals surface area contributed by atoms with Crippen LogP contribution in [0.5, 0.6) is 5.75 Å². The zero-order valence-corrected chi connectivity index (χ0v) is 16.7. The fourth-order valence-corrected chi connectivity index (χ4v) is 4.98. The van der Waals surface area contributed by atoms with Crippen molar-refractivity contribution in [3.05, 3.63) is 59.7 Å². The topological polar surface area (TPSA) is 76.9 Å². The van der Waals surface area contributed by atoms with E-state index in [1.54, 1.807) is 36.4 Å². The van der Waals surface area contributed by atoms with Crippen molar-refractivity contribution in [3.8, 4) is 11.8 Å². The number of rotatable bonds is 4. The van der Waals surface area contributed by atoms with E-state index in [-0.39, 0.29) is 17.9 Å². The van der Waals surface area contributed by atoms with Crippen LogP contribution < -0.4 is 9.64 Å². The van der Waals surface area contributed by atoms with Crippen molar-refractivity contribution in [2.45, 2.75) is 25.4 Å². The highest BCUT2D eigenvalue weighted by molar-refractivity contribution is 6.24. The first-order valence-electron chi connectivity index (χ1n) is 10.3. The lowest BCUT2D eigenvalue weighted by Crippen LogP contribution is -2.44. The molecule has 3 fully saturated rings. The summed E-state index contributed by atoms with van der Waals surface area (Å²) in [5.41, 5.74) is 2.12. The molecule has 0 bridgehead atoms. The van der Waals surface area contributed by atoms with Gasteiger partial charge < -0.3 is 4.74 Å². The highest BCUT2D eigenvalue weighted by atomic mass is 16.5. The van der Waals surface area contributed by atoms with E-state index >= 15 is 0 Å². The Hall–Kier alpha value is -3.21. The molecule has 3 aliphatic heterocycles. The molecule has 7 nitrogen and oxygen atoms in total. The molecule has 0 spiro atoms. The van der Waals surface area contributed by atoms with E-state index < -0.39 is 12.0 Å². The lowest BCUT2D eigenvalue weighted by molar-refractivity contribution is -0.126. The van der Waals surface area contributed by atoms with Crippen LogP contribution in [0.2, 0.25) is 0 Å². The molecule has 7 heteroatoms. The minimum Gasteiger partial charge on any atom is -0.494 e. The molecule has 2 amide bonds. The van der Waals surface area contributed by atoms with E-state index in [0.29, 0.717) is 23.6 Å². The molecule has 0 aliphatic carbocycles. The molecule has 152 valence electrons. The Morgan fingerprint density at radius 3 is 2.27 bits per heavy atom. The molecule has 0 N–H and O–H groups in total. The van der Waals surface area contributed by atoms with Gasteiger partial charge in [0.05, 0.1) is 35.9 Å². The molecular formula is C23H22N4O3. The summed E-state index contributed by atoms with van der Waals surface area (Å²) in [6.45, 7) is 4.06. The standard InChI is InChI=1S/C23H22N4O3/c1-2-30-18-10-8-17(9-11-18)27-22(28)19-20(16-6-4-15(14-24)5-7-16)25-12-3-13-26(25)21(19)23(27)29/h4-11,19-21H,2-3,12-13H2,1H3/t19-,20+,21+/m0/s1. The highest BCUT2D eigenvalue weighted by Crippen LogP contribution is 2.48. The first-order valence-corrected chi connectivity index (χ1v) is 10.3. The normalized spacial score (nSPS) is 26.0. The summed E-state index contributed by atoms with van der Waals surface area (Å²) in [5.74, 6) is -0.0888. The van der Waals surface area contributed by atoms with E-state index in [9.17, 15) is 9.59 Å². The van der Waals surface area contributed by atoms with Gasteiger partial charge in [0.15, 0.2) is 0 Å². The predicted molar refractivity (Wildman–Crippen MR) is 109 cm³/mol. The highest BCUT2D eigenvalue weighted by Gasteiger charge is 2.62. The molecule has 2 aromatic carbocycles. The van der Waals surface area contributed by atoms with Gasteiger partial charge in [0.25, 0.3) is 5.91 Å². The van der Waals surface area contributed by atoms with E-state index in [0.717, 1.165) is 25.1 Å². The fraction of sp³-hybridized carbons (Fsp3) is 0.348. The monoisotopic (exact) mass is 402 g/mol. The Morgan fingerprint density at radius 2 is 1.63 bits per heavy atom. The second kappa shape index (κ2) is 7.24. The number of nitriles is 1. The minimum absolute atomic E-state index is 0.169. The summed E-state index contributed by atoms with van der Waals surface area (Å²) >= 11 is 0. The van der Waals surface area contributed by atoms with Crippen molar-refractivity contribution >= 4 is 17.5 Å². The Balaban J connectivity index is 1.51. The van der Waals surface area contributed by atoms with Crippen molar-refractivity contribution < 1.29 is 14.3 Å². The number of ether oxygens (including phenoxy) is 1. The number of amides is 2. The van der Waals surface area contributed by atoms with E-state index in [4.69, 9.17) is 10.00 Å². The molecule has 3 heterocycles. The first kappa shape index (κ1) is 18.8. The van der Waals surface area contributed by atoms with Gasteiger partial charge in [0, 0.05) is 13.1 Å². The van der Waals surface area contributed by atoms with Crippen molar-refractivity contribution in [2.75, 3.05) is 24.6 Å². The number of anilines is 1. The maximum Gasteiger partial charge on any atom is 0.253 e. The largest absolute Gasteiger partial charge is 0.494 e. The molecular weight excluding hydrogens is 380 g/mol. The summed E-state index contributed by atoms with van der Waals surface area (Å²) in [4.78, 5) is 28.2. The van der Waals surface area contributed by atoms with Crippen LogP contribution in [0.4, 0.5) is 5.69 Å². The van der Waals surface area contributed by atoms with E-state index in [1.807, 2.05) is 19.1 Å². The average molecular weight is 402 g/mol. The van der Waals surface area contributed by atoms with Crippen molar-refractivity contribution in [2.24, 2.45) is 5.92 Å². The number of hydrazine groups is 1. The number of benzene rings is 2. The number of hydrogen-bond acceptors (Lipinski definition) is 6. The second-order valence-electron chi connectivity index (χ2n) is 7.77. The number of hydrogen-bond donors (Lipinski definition) is 0. The molecule has 3 saturated heterocycles. The fourth-order valence-electron chi connectivity index (χ4n) is 4.98. The minimum atomic E-state index is -0.479. The number of nitrogens with zero attached hydrogens (tertiary/aromatic N) is 4. The Kier molecular flexibility index (Phi) is 4.54. The van der Waals surface area contributed by atoms with Gasteiger partial charge >= 0.3 is 0 Å². The molecule has 0 radical (unpaired) electrons. The molecule has 0 aromatic heterocycles. The van der Waals surface area contributed by atoms with Crippen LogP contribution in [0, 0.1) is 17.2 Å². The smallest absolute Gasteiger partial charge is 0.253 e. The van der Waals surface area contributed by atoms with E-state index in [2.05, 4.69) is 16.1 Å². The number of imide groups is 1. The third-order valence-electron chi connectivity index (χ3n) is 6.19. The van der Waals surface area contributed by atoms with Gasteiger partial charge in [-0.05, 0) is 55.3 Å². The maximum absolute atomic E-state index is 13.5. The molecule has 5 rings (SSSR count). The molecule has 0 saturated carbocycles. The average Bonchev–Trinajstić information content (AvgIpc) is 3.41. The second-order valence-corrected chi connectivity index (χ2v) is 7.77. The lowest BCUT2D eigenvalue weighted by Gasteiger charge is -2.29. The number of fused-ring (bicyclic) bond motifs is 3. The predicted octanol–water partition coefficient (Wildman–Crippen LogP) is 2.49. The summed E-state index contributed by atoms with van der Waals surface area (Å²) in [5, 5.41) is 13.3. The van der Waals surface area contributed by atoms with Gasteiger partial charge in [-0.2, -0.15) is 5.26 Å². The van der Waals surface area contributed by atoms with Crippen molar-refractivity contribution in [1.82, 2.24) is 10.0 Å². The van der Waals surface area contributed by atoms with Gasteiger partial charge in [-0.3, -0.25) is 9.59 Å². The van der Waals surface area contributed by atoms with Gasteiger partial charge in [0.2, 0.25) is 5.91 Å². The zero-order valence-electron chi connectivity index (χ0n) is 16.7. The van der Waals surface area contributed by atoms with E-state index in [1.165, 1.54) is 4.90 Å². The van der Waals surface area contributed by atoms with Crippen molar-refractivity contribution in [3.63, 3.8) is 0 Å². The Labute approximate surface area is 175 Å². The first-order chi connectivity index (χ1) is 14.6. The summed E-state index contributed by atoms with van der Waals surface area (Å²) in [6, 6.07) is 15.9. The van der Waals surface area contributed by atoms with Crippen LogP contribution in [-0.4, -0.2) is 47.6 Å². The summed E-state index contributed by atoms with van der Waals surface area (Å²) < 4.78 is 5.48. The Morgan fingerprint density at radius 1 is 0.967 bits per heavy atom. The molecule has 0 unspecified atom stereocenters. The number of carbonyl (C=O) groups is 2. The SMILES string of the molecule is CCOc1ccc(N2C(=O)[C@H]3[C@@H](c4ccc(C#N)cc4)N4CCCN4[C@H]3C2=O)cc1. The zero-order chi connectivity index (χ0) is 20.8. The van der Waals surface area contributed by atoms with Crippen LogP contribution in [-0.2, 0) is 9.59 Å². The van der Waals surface area contributed by atoms with Gasteiger partial charge in [-0.25, -0.2) is 14.9 Å². The van der Waals surface area contributed by atoms with Crippen LogP contribution in [0.25, 0.3) is 0 Å². The number of carbonyl (C=O) groups excluding carboxylic acids is 2. The maximum atomic E-state index is 13.5. The van der Waals surface area contributed by atoms with Gasteiger partial charge in [-0.15, -0.1) is 0 Å². The summed E-state index contributed by atoms with van der Waals surface area (Å²) in [6.07, 6.45) is 0.959. The van der Waals surface area contributed by atoms with Gasteiger partial charge in [-0.1, -0.05) is 12.1 Å². The third kappa shape index (κ3) is 2.72. The van der Waals surface area contributed by atoms with Crippen LogP contribution in [0.15, 0.2) is 48.5 Å². The van der Waals surface area contributed by atoms with Crippen molar-refractivity contribution in [1.29, 1.82) is 5.26 Å². The molecule has 30 heavy (non-hydrogen) atoms. The van der Waals surface area contributed by atoms with Crippen LogP contribution in [0.1, 0.15) is 30.5 Å². The van der Waals surface area contributed by atoms with Gasteiger partial charge in [0.1, 0.15) is 11.8 Å². The molecule has 3 aliphatic rings. The molecule has 2 aromatic rings.